The maximum atomic E-state index is 9.02. The first-order chi connectivity index (χ1) is 4.74. The SMILES string of the molecule is CCC[C@@H]1C[C@@H](O)[C@H](O)O1. The summed E-state index contributed by atoms with van der Waals surface area (Å²) in [5, 5.41) is 17.9. The third kappa shape index (κ3) is 1.68. The van der Waals surface area contributed by atoms with E-state index in [0.29, 0.717) is 6.42 Å². The zero-order valence-corrected chi connectivity index (χ0v) is 6.16. The summed E-state index contributed by atoms with van der Waals surface area (Å²) in [6, 6.07) is 0. The summed E-state index contributed by atoms with van der Waals surface area (Å²) in [5.41, 5.74) is 0. The van der Waals surface area contributed by atoms with Crippen LogP contribution in [0.15, 0.2) is 0 Å². The topological polar surface area (TPSA) is 49.7 Å². The first kappa shape index (κ1) is 7.98. The average Bonchev–Trinajstić information content (AvgIpc) is 2.14. The highest BCUT2D eigenvalue weighted by Gasteiger charge is 2.31. The van der Waals surface area contributed by atoms with Crippen molar-refractivity contribution in [3.8, 4) is 0 Å². The van der Waals surface area contributed by atoms with Crippen molar-refractivity contribution in [3.63, 3.8) is 0 Å². The standard InChI is InChI=1S/C7H14O3/c1-2-3-5-4-6(8)7(9)10-5/h5-9H,2-4H2,1H3/t5-,6-,7-/m1/s1. The van der Waals surface area contributed by atoms with E-state index in [9.17, 15) is 0 Å². The third-order valence-corrected chi connectivity index (χ3v) is 1.78. The van der Waals surface area contributed by atoms with Gasteiger partial charge in [0, 0.05) is 6.42 Å². The first-order valence-electron chi connectivity index (χ1n) is 3.75. The summed E-state index contributed by atoms with van der Waals surface area (Å²) >= 11 is 0. The Bertz CT molecular complexity index is 95.0. The molecule has 0 amide bonds. The molecule has 0 aromatic carbocycles. The fraction of sp³-hybridized carbons (Fsp3) is 1.00. The molecule has 2 N–H and O–H groups in total. The first-order valence-corrected chi connectivity index (χ1v) is 3.75. The van der Waals surface area contributed by atoms with Gasteiger partial charge in [0.1, 0.15) is 6.10 Å². The van der Waals surface area contributed by atoms with E-state index in [-0.39, 0.29) is 6.10 Å². The monoisotopic (exact) mass is 146 g/mol. The zero-order valence-electron chi connectivity index (χ0n) is 6.16. The molecule has 3 atom stereocenters. The molecule has 1 aliphatic rings. The van der Waals surface area contributed by atoms with Gasteiger partial charge < -0.3 is 14.9 Å². The molecule has 0 aliphatic carbocycles. The quantitative estimate of drug-likeness (QED) is 0.587. The highest BCUT2D eigenvalue weighted by Crippen LogP contribution is 2.21. The molecule has 0 aromatic rings. The van der Waals surface area contributed by atoms with E-state index in [2.05, 4.69) is 6.92 Å². The molecule has 1 aliphatic heterocycles. The van der Waals surface area contributed by atoms with Gasteiger partial charge in [-0.15, -0.1) is 0 Å². The summed E-state index contributed by atoms with van der Waals surface area (Å²) < 4.78 is 5.02. The number of aliphatic hydroxyl groups excluding tert-OH is 2. The average molecular weight is 146 g/mol. The molecule has 3 heteroatoms. The van der Waals surface area contributed by atoms with Crippen molar-refractivity contribution in [2.24, 2.45) is 0 Å². The molecule has 0 spiro atoms. The number of hydrogen-bond donors (Lipinski definition) is 2. The molecule has 1 heterocycles. The fourth-order valence-electron chi connectivity index (χ4n) is 1.24. The lowest BCUT2D eigenvalue weighted by Gasteiger charge is -2.06. The Morgan fingerprint density at radius 3 is 2.60 bits per heavy atom. The van der Waals surface area contributed by atoms with Gasteiger partial charge in [-0.05, 0) is 6.42 Å². The minimum atomic E-state index is -0.948. The van der Waals surface area contributed by atoms with Gasteiger partial charge in [-0.2, -0.15) is 0 Å². The van der Waals surface area contributed by atoms with Gasteiger partial charge in [0.05, 0.1) is 6.10 Å². The van der Waals surface area contributed by atoms with Crippen LogP contribution in [0.25, 0.3) is 0 Å². The minimum absolute atomic E-state index is 0.0648. The number of rotatable bonds is 2. The van der Waals surface area contributed by atoms with E-state index in [1.807, 2.05) is 0 Å². The second-order valence-corrected chi connectivity index (χ2v) is 2.74. The Kier molecular flexibility index (Phi) is 2.65. The van der Waals surface area contributed by atoms with Crippen LogP contribution in [-0.4, -0.2) is 28.7 Å². The van der Waals surface area contributed by atoms with E-state index < -0.39 is 12.4 Å². The van der Waals surface area contributed by atoms with Gasteiger partial charge in [0.25, 0.3) is 0 Å². The van der Waals surface area contributed by atoms with Crippen molar-refractivity contribution in [3.05, 3.63) is 0 Å². The van der Waals surface area contributed by atoms with Crippen molar-refractivity contribution in [2.45, 2.75) is 44.7 Å². The smallest absolute Gasteiger partial charge is 0.181 e. The molecule has 1 rings (SSSR count). The van der Waals surface area contributed by atoms with Crippen LogP contribution in [0, 0.1) is 0 Å². The predicted molar refractivity (Wildman–Crippen MR) is 36.4 cm³/mol. The second kappa shape index (κ2) is 3.32. The molecule has 1 fully saturated rings. The second-order valence-electron chi connectivity index (χ2n) is 2.74. The van der Waals surface area contributed by atoms with Crippen LogP contribution >= 0.6 is 0 Å². The lowest BCUT2D eigenvalue weighted by atomic mass is 10.1. The maximum absolute atomic E-state index is 9.02. The van der Waals surface area contributed by atoms with Gasteiger partial charge >= 0.3 is 0 Å². The van der Waals surface area contributed by atoms with Gasteiger partial charge in [-0.1, -0.05) is 13.3 Å². The Morgan fingerprint density at radius 2 is 2.20 bits per heavy atom. The van der Waals surface area contributed by atoms with E-state index in [1.54, 1.807) is 0 Å². The van der Waals surface area contributed by atoms with Gasteiger partial charge in [-0.3, -0.25) is 0 Å². The Hall–Kier alpha value is -0.120. The van der Waals surface area contributed by atoms with E-state index >= 15 is 0 Å². The van der Waals surface area contributed by atoms with Crippen molar-refractivity contribution in [2.75, 3.05) is 0 Å². The van der Waals surface area contributed by atoms with E-state index in [4.69, 9.17) is 14.9 Å². The summed E-state index contributed by atoms with van der Waals surface area (Å²) in [6.45, 7) is 2.06. The van der Waals surface area contributed by atoms with Gasteiger partial charge in [0.2, 0.25) is 0 Å². The third-order valence-electron chi connectivity index (χ3n) is 1.78. The number of ether oxygens (including phenoxy) is 1. The molecule has 3 nitrogen and oxygen atoms in total. The van der Waals surface area contributed by atoms with Crippen LogP contribution in [0.1, 0.15) is 26.2 Å². The largest absolute Gasteiger partial charge is 0.388 e. The molecule has 60 valence electrons. The fourth-order valence-corrected chi connectivity index (χ4v) is 1.24. The molecule has 0 aromatic heterocycles. The molecular formula is C7H14O3. The number of hydrogen-bond acceptors (Lipinski definition) is 3. The van der Waals surface area contributed by atoms with E-state index in [1.165, 1.54) is 0 Å². The Morgan fingerprint density at radius 1 is 1.50 bits per heavy atom. The minimum Gasteiger partial charge on any atom is -0.388 e. The van der Waals surface area contributed by atoms with Crippen molar-refractivity contribution < 1.29 is 14.9 Å². The van der Waals surface area contributed by atoms with Gasteiger partial charge in [-0.25, -0.2) is 0 Å². The summed E-state index contributed by atoms with van der Waals surface area (Å²) in [7, 11) is 0. The molecule has 10 heavy (non-hydrogen) atoms. The van der Waals surface area contributed by atoms with Gasteiger partial charge in [0.15, 0.2) is 6.29 Å². The summed E-state index contributed by atoms with van der Waals surface area (Å²) in [6.07, 6.45) is 0.982. The van der Waals surface area contributed by atoms with Crippen molar-refractivity contribution in [1.82, 2.24) is 0 Å². The lowest BCUT2D eigenvalue weighted by Crippen LogP contribution is -2.19. The van der Waals surface area contributed by atoms with Crippen LogP contribution in [0.5, 0.6) is 0 Å². The molecule has 0 bridgehead atoms. The zero-order chi connectivity index (χ0) is 7.56. The lowest BCUT2D eigenvalue weighted by molar-refractivity contribution is -0.127. The highest BCUT2D eigenvalue weighted by molar-refractivity contribution is 4.74. The number of aliphatic hydroxyl groups is 2. The Labute approximate surface area is 60.6 Å². The van der Waals surface area contributed by atoms with Crippen LogP contribution in [0.4, 0.5) is 0 Å². The van der Waals surface area contributed by atoms with E-state index in [0.717, 1.165) is 12.8 Å². The maximum Gasteiger partial charge on any atom is 0.181 e. The van der Waals surface area contributed by atoms with Crippen molar-refractivity contribution in [1.29, 1.82) is 0 Å². The Balaban J connectivity index is 2.27. The molecular weight excluding hydrogens is 132 g/mol. The predicted octanol–water partition coefficient (Wildman–Crippen LogP) is 0.255. The van der Waals surface area contributed by atoms with Crippen LogP contribution in [0.2, 0.25) is 0 Å². The molecule has 0 radical (unpaired) electrons. The molecule has 0 unspecified atom stereocenters. The highest BCUT2D eigenvalue weighted by atomic mass is 16.6. The molecule has 1 saturated heterocycles. The summed E-state index contributed by atoms with van der Waals surface area (Å²) in [4.78, 5) is 0. The normalized spacial score (nSPS) is 40.5. The summed E-state index contributed by atoms with van der Waals surface area (Å²) in [5.74, 6) is 0. The van der Waals surface area contributed by atoms with Crippen LogP contribution in [-0.2, 0) is 4.74 Å². The van der Waals surface area contributed by atoms with Crippen LogP contribution in [0.3, 0.4) is 0 Å². The molecule has 0 saturated carbocycles. The van der Waals surface area contributed by atoms with Crippen LogP contribution < -0.4 is 0 Å². The van der Waals surface area contributed by atoms with Crippen molar-refractivity contribution >= 4 is 0 Å².